The first kappa shape index (κ1) is 21.0. The number of methoxy groups -OCH3 is 2. The van der Waals surface area contributed by atoms with E-state index in [0.717, 1.165) is 11.1 Å². The van der Waals surface area contributed by atoms with Gasteiger partial charge in [0.2, 0.25) is 0 Å². The quantitative estimate of drug-likeness (QED) is 0.610. The summed E-state index contributed by atoms with van der Waals surface area (Å²) in [5, 5.41) is 19.0. The van der Waals surface area contributed by atoms with E-state index in [-0.39, 0.29) is 12.8 Å². The zero-order valence-corrected chi connectivity index (χ0v) is 15.9. The predicted molar refractivity (Wildman–Crippen MR) is 105 cm³/mol. The van der Waals surface area contributed by atoms with Gasteiger partial charge in [-0.1, -0.05) is 36.4 Å². The number of carbonyl (C=O) groups is 2. The summed E-state index contributed by atoms with van der Waals surface area (Å²) >= 11 is 0. The Morgan fingerprint density at radius 3 is 1.32 bits per heavy atom. The van der Waals surface area contributed by atoms with Crippen molar-refractivity contribution >= 4 is 11.9 Å². The third kappa shape index (κ3) is 6.16. The van der Waals surface area contributed by atoms with Gasteiger partial charge in [0.05, 0.1) is 26.1 Å². The van der Waals surface area contributed by atoms with Crippen LogP contribution in [-0.2, 0) is 22.4 Å². The van der Waals surface area contributed by atoms with Crippen molar-refractivity contribution in [3.8, 4) is 11.5 Å². The molecular weight excluding hydrogens is 360 g/mol. The van der Waals surface area contributed by atoms with Crippen LogP contribution >= 0.6 is 0 Å². The van der Waals surface area contributed by atoms with Crippen LogP contribution in [0.25, 0.3) is 0 Å². The van der Waals surface area contributed by atoms with Gasteiger partial charge < -0.3 is 19.7 Å². The predicted octanol–water partition coefficient (Wildman–Crippen LogP) is 3.45. The molecule has 0 fully saturated rings. The number of hydrogen-bond acceptors (Lipinski definition) is 4. The van der Waals surface area contributed by atoms with E-state index in [0.29, 0.717) is 11.5 Å². The molecule has 148 valence electrons. The van der Waals surface area contributed by atoms with E-state index in [1.165, 1.54) is 12.2 Å². The molecule has 0 aliphatic carbocycles. The zero-order chi connectivity index (χ0) is 20.5. The maximum Gasteiger partial charge on any atom is 0.310 e. The highest BCUT2D eigenvalue weighted by molar-refractivity contribution is 5.75. The van der Waals surface area contributed by atoms with Gasteiger partial charge in [0, 0.05) is 0 Å². The number of carboxylic acids is 2. The molecule has 0 aromatic heterocycles. The molecular formula is C22H24O6. The molecule has 2 aromatic rings. The van der Waals surface area contributed by atoms with E-state index in [1.54, 1.807) is 62.8 Å². The standard InChI is InChI=1S/C22H24O6/c1-27-19-9-3-15(4-10-19)13-17(21(23)24)7-8-18(22(25)26)14-16-5-11-20(28-2)12-6-16/h3-12,17-18H,13-14H2,1-2H3,(H,23,24)(H,25,26)/b8-7+/t17-,18-/m1/s1. The molecule has 0 saturated carbocycles. The second-order valence-corrected chi connectivity index (χ2v) is 6.38. The van der Waals surface area contributed by atoms with E-state index in [2.05, 4.69) is 0 Å². The van der Waals surface area contributed by atoms with Gasteiger partial charge in [0.25, 0.3) is 0 Å². The average Bonchev–Trinajstić information content (AvgIpc) is 2.70. The molecule has 0 aliphatic heterocycles. The molecule has 2 atom stereocenters. The van der Waals surface area contributed by atoms with E-state index in [9.17, 15) is 19.8 Å². The van der Waals surface area contributed by atoms with Crippen molar-refractivity contribution < 1.29 is 29.3 Å². The van der Waals surface area contributed by atoms with Crippen molar-refractivity contribution in [2.45, 2.75) is 12.8 Å². The maximum atomic E-state index is 11.6. The van der Waals surface area contributed by atoms with Crippen LogP contribution in [-0.4, -0.2) is 36.4 Å². The fourth-order valence-electron chi connectivity index (χ4n) is 2.77. The van der Waals surface area contributed by atoms with Crippen molar-refractivity contribution in [1.82, 2.24) is 0 Å². The molecule has 28 heavy (non-hydrogen) atoms. The van der Waals surface area contributed by atoms with Crippen LogP contribution in [0.1, 0.15) is 11.1 Å². The Kier molecular flexibility index (Phi) is 7.63. The lowest BCUT2D eigenvalue weighted by Gasteiger charge is -2.12. The van der Waals surface area contributed by atoms with Gasteiger partial charge in [-0.15, -0.1) is 0 Å². The van der Waals surface area contributed by atoms with Gasteiger partial charge in [0.15, 0.2) is 0 Å². The highest BCUT2D eigenvalue weighted by atomic mass is 16.5. The zero-order valence-electron chi connectivity index (χ0n) is 15.9. The topological polar surface area (TPSA) is 93.1 Å². The molecule has 0 heterocycles. The number of rotatable bonds is 10. The Hall–Kier alpha value is -3.28. The van der Waals surface area contributed by atoms with Gasteiger partial charge >= 0.3 is 11.9 Å². The van der Waals surface area contributed by atoms with E-state index < -0.39 is 23.8 Å². The molecule has 0 spiro atoms. The third-order valence-corrected chi connectivity index (χ3v) is 4.44. The van der Waals surface area contributed by atoms with Crippen LogP contribution in [0.15, 0.2) is 60.7 Å². The Morgan fingerprint density at radius 1 is 0.750 bits per heavy atom. The number of hydrogen-bond donors (Lipinski definition) is 2. The van der Waals surface area contributed by atoms with Crippen molar-refractivity contribution in [1.29, 1.82) is 0 Å². The lowest BCUT2D eigenvalue weighted by Crippen LogP contribution is -2.17. The van der Waals surface area contributed by atoms with Crippen molar-refractivity contribution in [2.75, 3.05) is 14.2 Å². The molecule has 0 aliphatic rings. The Labute approximate surface area is 164 Å². The summed E-state index contributed by atoms with van der Waals surface area (Å²) in [6.45, 7) is 0. The minimum absolute atomic E-state index is 0.269. The highest BCUT2D eigenvalue weighted by Crippen LogP contribution is 2.19. The minimum Gasteiger partial charge on any atom is -0.497 e. The first-order chi connectivity index (χ1) is 13.4. The molecule has 0 amide bonds. The second kappa shape index (κ2) is 10.2. The van der Waals surface area contributed by atoms with Crippen LogP contribution in [0.5, 0.6) is 11.5 Å². The molecule has 6 heteroatoms. The monoisotopic (exact) mass is 384 g/mol. The lowest BCUT2D eigenvalue weighted by molar-refractivity contribution is -0.141. The number of aliphatic carboxylic acids is 2. The van der Waals surface area contributed by atoms with Crippen LogP contribution < -0.4 is 9.47 Å². The normalized spacial score (nSPS) is 13.1. The average molecular weight is 384 g/mol. The lowest BCUT2D eigenvalue weighted by atomic mass is 9.94. The number of carboxylic acid groups (broad SMARTS) is 2. The largest absolute Gasteiger partial charge is 0.497 e. The third-order valence-electron chi connectivity index (χ3n) is 4.44. The van der Waals surface area contributed by atoms with Gasteiger partial charge in [-0.05, 0) is 48.2 Å². The summed E-state index contributed by atoms with van der Waals surface area (Å²) in [5.74, 6) is -2.24. The van der Waals surface area contributed by atoms with Gasteiger partial charge in [-0.3, -0.25) is 9.59 Å². The first-order valence-electron chi connectivity index (χ1n) is 8.82. The maximum absolute atomic E-state index is 11.6. The summed E-state index contributed by atoms with van der Waals surface area (Å²) in [5.41, 5.74) is 1.67. The van der Waals surface area contributed by atoms with Crippen molar-refractivity contribution in [3.63, 3.8) is 0 Å². The van der Waals surface area contributed by atoms with Crippen molar-refractivity contribution in [3.05, 3.63) is 71.8 Å². The fraction of sp³-hybridized carbons (Fsp3) is 0.273. The molecule has 0 saturated heterocycles. The first-order valence-corrected chi connectivity index (χ1v) is 8.82. The molecule has 6 nitrogen and oxygen atoms in total. The molecule has 0 radical (unpaired) electrons. The number of ether oxygens (including phenoxy) is 2. The number of benzene rings is 2. The van der Waals surface area contributed by atoms with E-state index in [4.69, 9.17) is 9.47 Å². The highest BCUT2D eigenvalue weighted by Gasteiger charge is 2.19. The van der Waals surface area contributed by atoms with Gasteiger partial charge in [0.1, 0.15) is 11.5 Å². The fourth-order valence-corrected chi connectivity index (χ4v) is 2.77. The summed E-state index contributed by atoms with van der Waals surface area (Å²) in [6.07, 6.45) is 3.47. The van der Waals surface area contributed by atoms with Gasteiger partial charge in [-0.25, -0.2) is 0 Å². The molecule has 2 N–H and O–H groups in total. The van der Waals surface area contributed by atoms with Crippen LogP contribution in [0, 0.1) is 11.8 Å². The van der Waals surface area contributed by atoms with Crippen LogP contribution in [0.4, 0.5) is 0 Å². The van der Waals surface area contributed by atoms with Crippen LogP contribution in [0.2, 0.25) is 0 Å². The molecule has 2 rings (SSSR count). The van der Waals surface area contributed by atoms with E-state index in [1.807, 2.05) is 0 Å². The summed E-state index contributed by atoms with van der Waals surface area (Å²) in [4.78, 5) is 23.2. The van der Waals surface area contributed by atoms with Gasteiger partial charge in [-0.2, -0.15) is 0 Å². The summed E-state index contributed by atoms with van der Waals surface area (Å²) in [6, 6.07) is 14.3. The van der Waals surface area contributed by atoms with Crippen LogP contribution in [0.3, 0.4) is 0 Å². The smallest absolute Gasteiger partial charge is 0.310 e. The van der Waals surface area contributed by atoms with E-state index >= 15 is 0 Å². The SMILES string of the molecule is COc1ccc(C[C@@H](/C=C/[C@H](Cc2ccc(OC)cc2)C(=O)O)C(=O)O)cc1. The Balaban J connectivity index is 2.09. The summed E-state index contributed by atoms with van der Waals surface area (Å²) < 4.78 is 10.2. The molecule has 0 bridgehead atoms. The summed E-state index contributed by atoms with van der Waals surface area (Å²) in [7, 11) is 3.12. The Bertz CT molecular complexity index is 738. The van der Waals surface area contributed by atoms with Crippen molar-refractivity contribution in [2.24, 2.45) is 11.8 Å². The Morgan fingerprint density at radius 2 is 1.07 bits per heavy atom. The minimum atomic E-state index is -0.999. The second-order valence-electron chi connectivity index (χ2n) is 6.38. The molecule has 0 unspecified atom stereocenters. The molecule has 2 aromatic carbocycles.